The molecule has 0 saturated heterocycles. The van der Waals surface area contributed by atoms with Gasteiger partial charge in [0.05, 0.1) is 16.6 Å². The number of halogens is 2. The van der Waals surface area contributed by atoms with Gasteiger partial charge in [-0.25, -0.2) is 4.79 Å². The normalized spacial score (nSPS) is 13.2. The Kier molecular flexibility index (Phi) is 5.54. The van der Waals surface area contributed by atoms with Crippen LogP contribution in [0.3, 0.4) is 0 Å². The number of rotatable bonds is 5. The Labute approximate surface area is 159 Å². The molecule has 6 nitrogen and oxygen atoms in total. The van der Waals surface area contributed by atoms with E-state index in [1.54, 1.807) is 12.1 Å². The first-order valence-electron chi connectivity index (χ1n) is 7.75. The first kappa shape index (κ1) is 18.4. The number of esters is 1. The number of amides is 1. The highest BCUT2D eigenvalue weighted by Gasteiger charge is 2.18. The van der Waals surface area contributed by atoms with Gasteiger partial charge in [0, 0.05) is 5.02 Å². The van der Waals surface area contributed by atoms with E-state index in [9.17, 15) is 9.59 Å². The fraction of sp³-hybridized carbons (Fsp3) is 0.222. The van der Waals surface area contributed by atoms with Crippen molar-refractivity contribution in [2.45, 2.75) is 13.0 Å². The van der Waals surface area contributed by atoms with Crippen LogP contribution in [0.5, 0.6) is 11.5 Å². The molecule has 1 aliphatic heterocycles. The minimum Gasteiger partial charge on any atom is -0.454 e. The largest absolute Gasteiger partial charge is 0.454 e. The third-order valence-corrected chi connectivity index (χ3v) is 4.31. The molecule has 0 saturated carbocycles. The van der Waals surface area contributed by atoms with Gasteiger partial charge < -0.3 is 19.5 Å². The van der Waals surface area contributed by atoms with Crippen LogP contribution in [-0.2, 0) is 9.53 Å². The molecule has 2 aromatic carbocycles. The summed E-state index contributed by atoms with van der Waals surface area (Å²) in [5.74, 6) is 0.166. The molecule has 0 aromatic heterocycles. The molecular weight excluding hydrogens is 381 g/mol. The fourth-order valence-electron chi connectivity index (χ4n) is 2.41. The minimum absolute atomic E-state index is 0.146. The van der Waals surface area contributed by atoms with Gasteiger partial charge in [0.15, 0.2) is 18.1 Å². The maximum absolute atomic E-state index is 12.0. The summed E-state index contributed by atoms with van der Waals surface area (Å²) in [6.07, 6.45) is 0. The molecule has 0 bridgehead atoms. The molecule has 3 rings (SSSR count). The number of nitrogens with one attached hydrogen (secondary N) is 1. The highest BCUT2D eigenvalue weighted by Crippen LogP contribution is 2.34. The first-order valence-corrected chi connectivity index (χ1v) is 8.50. The predicted octanol–water partition coefficient (Wildman–Crippen LogP) is 3.76. The van der Waals surface area contributed by atoms with Crippen molar-refractivity contribution < 1.29 is 23.8 Å². The number of carbonyl (C=O) groups excluding carboxylic acids is 2. The van der Waals surface area contributed by atoms with E-state index in [2.05, 4.69) is 5.32 Å². The van der Waals surface area contributed by atoms with Crippen molar-refractivity contribution >= 4 is 35.1 Å². The van der Waals surface area contributed by atoms with E-state index in [0.717, 1.165) is 5.56 Å². The number of hydrogen-bond donors (Lipinski definition) is 1. The van der Waals surface area contributed by atoms with Crippen molar-refractivity contribution in [1.82, 2.24) is 5.32 Å². The Morgan fingerprint density at radius 3 is 2.69 bits per heavy atom. The lowest BCUT2D eigenvalue weighted by atomic mass is 10.1. The van der Waals surface area contributed by atoms with Gasteiger partial charge >= 0.3 is 5.97 Å². The molecule has 1 heterocycles. The third kappa shape index (κ3) is 4.20. The van der Waals surface area contributed by atoms with Gasteiger partial charge in [0.2, 0.25) is 6.79 Å². The van der Waals surface area contributed by atoms with Gasteiger partial charge in [0.25, 0.3) is 5.91 Å². The smallest absolute Gasteiger partial charge is 0.340 e. The summed E-state index contributed by atoms with van der Waals surface area (Å²) in [6.45, 7) is 1.57. The zero-order chi connectivity index (χ0) is 18.7. The average Bonchev–Trinajstić information content (AvgIpc) is 3.07. The van der Waals surface area contributed by atoms with E-state index in [4.69, 9.17) is 37.4 Å². The van der Waals surface area contributed by atoms with Crippen LogP contribution in [-0.4, -0.2) is 25.3 Å². The third-order valence-electron chi connectivity index (χ3n) is 3.76. The zero-order valence-corrected chi connectivity index (χ0v) is 15.3. The van der Waals surface area contributed by atoms with Crippen LogP contribution in [0.1, 0.15) is 28.9 Å². The van der Waals surface area contributed by atoms with Crippen molar-refractivity contribution in [1.29, 1.82) is 0 Å². The first-order chi connectivity index (χ1) is 12.4. The molecular formula is C18H15Cl2NO5. The molecule has 1 unspecified atom stereocenters. The van der Waals surface area contributed by atoms with Crippen molar-refractivity contribution in [2.75, 3.05) is 13.4 Å². The summed E-state index contributed by atoms with van der Waals surface area (Å²) >= 11 is 11.7. The highest BCUT2D eigenvalue weighted by atomic mass is 35.5. The summed E-state index contributed by atoms with van der Waals surface area (Å²) < 4.78 is 15.6. The molecule has 8 heteroatoms. The number of fused-ring (bicyclic) bond motifs is 1. The Morgan fingerprint density at radius 2 is 1.92 bits per heavy atom. The fourth-order valence-corrected chi connectivity index (χ4v) is 2.90. The average molecular weight is 396 g/mol. The second-order valence-corrected chi connectivity index (χ2v) is 6.45. The summed E-state index contributed by atoms with van der Waals surface area (Å²) in [7, 11) is 0. The van der Waals surface area contributed by atoms with Gasteiger partial charge in [-0.3, -0.25) is 4.79 Å². The SMILES string of the molecule is CC(NC(=O)COC(=O)c1ccc(Cl)cc1Cl)c1ccc2c(c1)OCO2. The van der Waals surface area contributed by atoms with Crippen LogP contribution in [0.2, 0.25) is 10.0 Å². The lowest BCUT2D eigenvalue weighted by Gasteiger charge is -2.15. The molecule has 0 aliphatic carbocycles. The maximum atomic E-state index is 12.0. The molecule has 2 aromatic rings. The van der Waals surface area contributed by atoms with E-state index in [0.29, 0.717) is 16.5 Å². The van der Waals surface area contributed by atoms with Crippen molar-refractivity contribution in [3.8, 4) is 11.5 Å². The molecule has 0 radical (unpaired) electrons. The van der Waals surface area contributed by atoms with Crippen LogP contribution >= 0.6 is 23.2 Å². The van der Waals surface area contributed by atoms with Gasteiger partial charge in [-0.2, -0.15) is 0 Å². The Morgan fingerprint density at radius 1 is 1.15 bits per heavy atom. The highest BCUT2D eigenvalue weighted by molar-refractivity contribution is 6.36. The van der Waals surface area contributed by atoms with Crippen LogP contribution in [0, 0.1) is 0 Å². The maximum Gasteiger partial charge on any atom is 0.340 e. The van der Waals surface area contributed by atoms with Gasteiger partial charge in [-0.05, 0) is 42.8 Å². The Hall–Kier alpha value is -2.44. The number of hydrogen-bond acceptors (Lipinski definition) is 5. The van der Waals surface area contributed by atoms with E-state index in [1.807, 2.05) is 13.0 Å². The molecule has 136 valence electrons. The molecule has 0 fully saturated rings. The second kappa shape index (κ2) is 7.85. The topological polar surface area (TPSA) is 73.9 Å². The van der Waals surface area contributed by atoms with Crippen LogP contribution in [0.15, 0.2) is 36.4 Å². The molecule has 0 spiro atoms. The van der Waals surface area contributed by atoms with E-state index < -0.39 is 18.5 Å². The second-order valence-electron chi connectivity index (χ2n) is 5.60. The Balaban J connectivity index is 1.54. The van der Waals surface area contributed by atoms with Crippen molar-refractivity contribution in [2.24, 2.45) is 0 Å². The molecule has 1 N–H and O–H groups in total. The van der Waals surface area contributed by atoms with Crippen LogP contribution in [0.4, 0.5) is 0 Å². The molecule has 1 atom stereocenters. The molecule has 1 aliphatic rings. The lowest BCUT2D eigenvalue weighted by molar-refractivity contribution is -0.124. The standard InChI is InChI=1S/C18H15Cl2NO5/c1-10(11-2-5-15-16(6-11)26-9-25-15)21-17(22)8-24-18(23)13-4-3-12(19)7-14(13)20/h2-7,10H,8-9H2,1H3,(H,21,22). The quantitative estimate of drug-likeness (QED) is 0.780. The minimum atomic E-state index is -0.697. The van der Waals surface area contributed by atoms with Crippen molar-refractivity contribution in [3.05, 3.63) is 57.6 Å². The number of ether oxygens (including phenoxy) is 3. The monoisotopic (exact) mass is 395 g/mol. The van der Waals surface area contributed by atoms with Gasteiger partial charge in [0.1, 0.15) is 0 Å². The van der Waals surface area contributed by atoms with E-state index in [1.165, 1.54) is 18.2 Å². The predicted molar refractivity (Wildman–Crippen MR) is 95.9 cm³/mol. The van der Waals surface area contributed by atoms with Gasteiger partial charge in [-0.15, -0.1) is 0 Å². The van der Waals surface area contributed by atoms with Crippen LogP contribution in [0.25, 0.3) is 0 Å². The summed E-state index contributed by atoms with van der Waals surface area (Å²) in [4.78, 5) is 24.0. The summed E-state index contributed by atoms with van der Waals surface area (Å²) in [5.41, 5.74) is 0.988. The summed E-state index contributed by atoms with van der Waals surface area (Å²) in [6, 6.07) is 9.51. The number of carbonyl (C=O) groups is 2. The summed E-state index contributed by atoms with van der Waals surface area (Å²) in [5, 5.41) is 3.32. The number of benzene rings is 2. The van der Waals surface area contributed by atoms with Gasteiger partial charge in [-0.1, -0.05) is 29.3 Å². The van der Waals surface area contributed by atoms with E-state index in [-0.39, 0.29) is 23.4 Å². The van der Waals surface area contributed by atoms with E-state index >= 15 is 0 Å². The zero-order valence-electron chi connectivity index (χ0n) is 13.8. The lowest BCUT2D eigenvalue weighted by Crippen LogP contribution is -2.31. The van der Waals surface area contributed by atoms with Crippen LogP contribution < -0.4 is 14.8 Å². The molecule has 1 amide bonds. The van der Waals surface area contributed by atoms with Crippen molar-refractivity contribution in [3.63, 3.8) is 0 Å². The Bertz CT molecular complexity index is 855. The molecule has 26 heavy (non-hydrogen) atoms.